The van der Waals surface area contributed by atoms with Gasteiger partial charge in [-0.15, -0.1) is 0 Å². The van der Waals surface area contributed by atoms with Crippen molar-refractivity contribution in [2.45, 2.75) is 51.6 Å². The van der Waals surface area contributed by atoms with Crippen LogP contribution in [0.25, 0.3) is 0 Å². The lowest BCUT2D eigenvalue weighted by atomic mass is 10.1. The molecule has 12 heavy (non-hydrogen) atoms. The van der Waals surface area contributed by atoms with E-state index in [1.807, 2.05) is 6.92 Å². The number of unbranched alkanes of at least 4 members (excludes halogenated alkanes) is 1. The van der Waals surface area contributed by atoms with E-state index in [0.29, 0.717) is 6.61 Å². The minimum atomic E-state index is -0.449. The molecule has 0 amide bonds. The van der Waals surface area contributed by atoms with E-state index in [4.69, 9.17) is 9.47 Å². The summed E-state index contributed by atoms with van der Waals surface area (Å²) >= 11 is 0. The summed E-state index contributed by atoms with van der Waals surface area (Å²) in [7, 11) is 0. The minimum Gasteiger partial charge on any atom is -0.388 e. The van der Waals surface area contributed by atoms with Gasteiger partial charge >= 0.3 is 0 Å². The van der Waals surface area contributed by atoms with Gasteiger partial charge in [0.25, 0.3) is 0 Å². The fourth-order valence-electron chi connectivity index (χ4n) is 1.29. The number of rotatable bonds is 4. The summed E-state index contributed by atoms with van der Waals surface area (Å²) in [5, 5.41) is 9.55. The molecule has 3 nitrogen and oxygen atoms in total. The second-order valence-corrected chi connectivity index (χ2v) is 3.36. The van der Waals surface area contributed by atoms with Gasteiger partial charge in [0.1, 0.15) is 6.10 Å². The molecule has 1 aliphatic heterocycles. The molecule has 0 bridgehead atoms. The fourth-order valence-corrected chi connectivity index (χ4v) is 1.29. The van der Waals surface area contributed by atoms with Crippen molar-refractivity contribution < 1.29 is 14.6 Å². The van der Waals surface area contributed by atoms with E-state index in [-0.39, 0.29) is 12.4 Å². The van der Waals surface area contributed by atoms with Crippen LogP contribution in [0.5, 0.6) is 0 Å². The lowest BCUT2D eigenvalue weighted by molar-refractivity contribution is -0.130. The summed E-state index contributed by atoms with van der Waals surface area (Å²) in [6, 6.07) is 0. The van der Waals surface area contributed by atoms with Gasteiger partial charge in [-0.25, -0.2) is 0 Å². The van der Waals surface area contributed by atoms with Crippen molar-refractivity contribution in [2.75, 3.05) is 6.61 Å². The topological polar surface area (TPSA) is 38.7 Å². The second-order valence-electron chi connectivity index (χ2n) is 3.36. The number of aliphatic hydroxyl groups excluding tert-OH is 1. The van der Waals surface area contributed by atoms with E-state index >= 15 is 0 Å². The minimum absolute atomic E-state index is 0.131. The summed E-state index contributed by atoms with van der Waals surface area (Å²) in [5.74, 6) is 0. The first-order valence-electron chi connectivity index (χ1n) is 4.69. The van der Waals surface area contributed by atoms with Crippen LogP contribution in [-0.4, -0.2) is 30.2 Å². The molecule has 0 radical (unpaired) electrons. The molecule has 0 aromatic heterocycles. The number of aliphatic hydroxyl groups is 1. The summed E-state index contributed by atoms with van der Waals surface area (Å²) in [6.07, 6.45) is 2.19. The molecule has 0 aliphatic carbocycles. The Morgan fingerprint density at radius 1 is 1.58 bits per heavy atom. The smallest absolute Gasteiger partial charge is 0.183 e. The third kappa shape index (κ3) is 2.73. The maximum Gasteiger partial charge on any atom is 0.183 e. The van der Waals surface area contributed by atoms with Crippen LogP contribution < -0.4 is 0 Å². The van der Waals surface area contributed by atoms with Gasteiger partial charge in [-0.3, -0.25) is 0 Å². The molecule has 1 fully saturated rings. The molecule has 0 spiro atoms. The monoisotopic (exact) mass is 174 g/mol. The van der Waals surface area contributed by atoms with E-state index < -0.39 is 6.10 Å². The van der Waals surface area contributed by atoms with Gasteiger partial charge in [0.05, 0.1) is 12.7 Å². The van der Waals surface area contributed by atoms with Crippen molar-refractivity contribution in [1.82, 2.24) is 0 Å². The largest absolute Gasteiger partial charge is 0.388 e. The van der Waals surface area contributed by atoms with Crippen LogP contribution in [0.1, 0.15) is 33.1 Å². The standard InChI is InChI=1S/C9H18O3/c1-3-4-5-8(10)9-11-6-7(2)12-9/h7-10H,3-6H2,1-2H3. The van der Waals surface area contributed by atoms with Crippen molar-refractivity contribution in [3.63, 3.8) is 0 Å². The van der Waals surface area contributed by atoms with E-state index in [9.17, 15) is 5.11 Å². The molecule has 1 N–H and O–H groups in total. The molecule has 0 saturated carbocycles. The van der Waals surface area contributed by atoms with Crippen LogP contribution in [0.4, 0.5) is 0 Å². The summed E-state index contributed by atoms with van der Waals surface area (Å²) in [6.45, 7) is 4.66. The zero-order valence-corrected chi connectivity index (χ0v) is 7.82. The molecular formula is C9H18O3. The van der Waals surface area contributed by atoms with Gasteiger partial charge in [0.2, 0.25) is 0 Å². The lowest BCUT2D eigenvalue weighted by Gasteiger charge is -2.16. The first-order chi connectivity index (χ1) is 5.74. The molecule has 1 saturated heterocycles. The highest BCUT2D eigenvalue weighted by Gasteiger charge is 2.28. The van der Waals surface area contributed by atoms with Crippen LogP contribution in [0, 0.1) is 0 Å². The van der Waals surface area contributed by atoms with Gasteiger partial charge < -0.3 is 14.6 Å². The van der Waals surface area contributed by atoms with Gasteiger partial charge in [0, 0.05) is 0 Å². The van der Waals surface area contributed by atoms with Gasteiger partial charge in [-0.2, -0.15) is 0 Å². The molecule has 3 unspecified atom stereocenters. The maximum atomic E-state index is 9.55. The molecule has 1 aliphatic rings. The number of ether oxygens (including phenoxy) is 2. The van der Waals surface area contributed by atoms with Crippen molar-refractivity contribution in [1.29, 1.82) is 0 Å². The molecular weight excluding hydrogens is 156 g/mol. The quantitative estimate of drug-likeness (QED) is 0.698. The average Bonchev–Trinajstić information content (AvgIpc) is 2.47. The molecule has 3 atom stereocenters. The summed E-state index contributed by atoms with van der Waals surface area (Å²) in [4.78, 5) is 0. The normalized spacial score (nSPS) is 32.2. The molecule has 72 valence electrons. The van der Waals surface area contributed by atoms with Gasteiger partial charge in [0.15, 0.2) is 6.29 Å². The van der Waals surface area contributed by atoms with Crippen LogP contribution >= 0.6 is 0 Å². The highest BCUT2D eigenvalue weighted by atomic mass is 16.7. The predicted molar refractivity (Wildman–Crippen MR) is 45.8 cm³/mol. The Kier molecular flexibility index (Phi) is 3.98. The molecule has 3 heteroatoms. The fraction of sp³-hybridized carbons (Fsp3) is 1.00. The van der Waals surface area contributed by atoms with Crippen LogP contribution in [-0.2, 0) is 9.47 Å². The molecule has 0 aromatic rings. The van der Waals surface area contributed by atoms with Crippen LogP contribution in [0.2, 0.25) is 0 Å². The Hall–Kier alpha value is -0.120. The lowest BCUT2D eigenvalue weighted by Crippen LogP contribution is -2.27. The Bertz CT molecular complexity index is 127. The van der Waals surface area contributed by atoms with Crippen molar-refractivity contribution >= 4 is 0 Å². The van der Waals surface area contributed by atoms with E-state index in [0.717, 1.165) is 19.3 Å². The summed E-state index contributed by atoms with van der Waals surface area (Å²) < 4.78 is 10.6. The average molecular weight is 174 g/mol. The second kappa shape index (κ2) is 4.80. The van der Waals surface area contributed by atoms with Crippen molar-refractivity contribution in [3.8, 4) is 0 Å². The third-order valence-corrected chi connectivity index (χ3v) is 2.03. The third-order valence-electron chi connectivity index (χ3n) is 2.03. The molecule has 1 rings (SSSR count). The highest BCUT2D eigenvalue weighted by Crippen LogP contribution is 2.17. The Labute approximate surface area is 73.7 Å². The van der Waals surface area contributed by atoms with Crippen molar-refractivity contribution in [2.24, 2.45) is 0 Å². The first kappa shape index (κ1) is 9.96. The van der Waals surface area contributed by atoms with Crippen LogP contribution in [0.3, 0.4) is 0 Å². The van der Waals surface area contributed by atoms with Gasteiger partial charge in [-0.1, -0.05) is 19.8 Å². The Morgan fingerprint density at radius 2 is 2.33 bits per heavy atom. The van der Waals surface area contributed by atoms with E-state index in [1.54, 1.807) is 0 Å². The van der Waals surface area contributed by atoms with Crippen LogP contribution in [0.15, 0.2) is 0 Å². The first-order valence-corrected chi connectivity index (χ1v) is 4.69. The Balaban J connectivity index is 2.18. The van der Waals surface area contributed by atoms with E-state index in [1.165, 1.54) is 0 Å². The highest BCUT2D eigenvalue weighted by molar-refractivity contribution is 4.67. The maximum absolute atomic E-state index is 9.55. The summed E-state index contributed by atoms with van der Waals surface area (Å²) in [5.41, 5.74) is 0. The van der Waals surface area contributed by atoms with Gasteiger partial charge in [-0.05, 0) is 13.3 Å². The van der Waals surface area contributed by atoms with E-state index in [2.05, 4.69) is 6.92 Å². The molecule has 1 heterocycles. The number of hydrogen-bond acceptors (Lipinski definition) is 3. The van der Waals surface area contributed by atoms with Crippen molar-refractivity contribution in [3.05, 3.63) is 0 Å². The zero-order chi connectivity index (χ0) is 8.97. The number of hydrogen-bond donors (Lipinski definition) is 1. The Morgan fingerprint density at radius 3 is 2.83 bits per heavy atom. The predicted octanol–water partition coefficient (Wildman–Crippen LogP) is 1.30. The molecule has 0 aromatic carbocycles. The SMILES string of the molecule is CCCCC(O)C1OCC(C)O1. The zero-order valence-electron chi connectivity index (χ0n) is 7.82.